The molecule has 0 spiro atoms. The second-order valence-electron chi connectivity index (χ2n) is 9.83. The van der Waals surface area contributed by atoms with Crippen LogP contribution in [0.2, 0.25) is 0 Å². The number of methoxy groups -OCH3 is 2. The van der Waals surface area contributed by atoms with Crippen LogP contribution in [-0.2, 0) is 6.42 Å². The molecule has 0 saturated carbocycles. The fourth-order valence-corrected chi connectivity index (χ4v) is 4.68. The number of aromatic hydroxyl groups is 1. The van der Waals surface area contributed by atoms with Crippen LogP contribution < -0.4 is 9.47 Å². The van der Waals surface area contributed by atoms with Gasteiger partial charge < -0.3 is 19.0 Å². The Bertz CT molecular complexity index is 1060. The molecular weight excluding hydrogens is 464 g/mol. The molecule has 202 valence electrons. The van der Waals surface area contributed by atoms with Gasteiger partial charge in [0.05, 0.1) is 19.8 Å². The molecule has 0 atom stereocenters. The van der Waals surface area contributed by atoms with Crippen LogP contribution in [0.25, 0.3) is 22.9 Å². The number of hydrogen-bond donors (Lipinski definition) is 1. The molecule has 0 bridgehead atoms. The summed E-state index contributed by atoms with van der Waals surface area (Å²) in [6.07, 6.45) is 18.5. The van der Waals surface area contributed by atoms with Gasteiger partial charge in [-0.15, -0.1) is 10.2 Å². The number of aromatic nitrogens is 2. The quantitative estimate of drug-likeness (QED) is 0.173. The van der Waals surface area contributed by atoms with Gasteiger partial charge >= 0.3 is 0 Å². The summed E-state index contributed by atoms with van der Waals surface area (Å²) in [5.41, 5.74) is 2.38. The van der Waals surface area contributed by atoms with E-state index in [1.807, 2.05) is 24.3 Å². The number of phenols is 1. The third-order valence-corrected chi connectivity index (χ3v) is 6.92. The Morgan fingerprint density at radius 2 is 1.27 bits per heavy atom. The zero-order valence-corrected chi connectivity index (χ0v) is 22.9. The van der Waals surface area contributed by atoms with Gasteiger partial charge in [-0.3, -0.25) is 0 Å². The van der Waals surface area contributed by atoms with Crippen LogP contribution in [0.3, 0.4) is 0 Å². The summed E-state index contributed by atoms with van der Waals surface area (Å²) >= 11 is 0. The largest absolute Gasteiger partial charge is 0.507 e. The van der Waals surface area contributed by atoms with E-state index in [1.54, 1.807) is 26.4 Å². The monoisotopic (exact) mass is 508 g/mol. The lowest BCUT2D eigenvalue weighted by molar-refractivity contribution is 0.355. The van der Waals surface area contributed by atoms with Crippen molar-refractivity contribution in [2.24, 2.45) is 0 Å². The van der Waals surface area contributed by atoms with Crippen molar-refractivity contribution >= 4 is 0 Å². The summed E-state index contributed by atoms with van der Waals surface area (Å²) in [6, 6.07) is 11.1. The average Bonchev–Trinajstić information content (AvgIpc) is 3.41. The van der Waals surface area contributed by atoms with Crippen molar-refractivity contribution in [3.63, 3.8) is 0 Å². The summed E-state index contributed by atoms with van der Waals surface area (Å²) in [6.45, 7) is 2.27. The smallest absolute Gasteiger partial charge is 0.251 e. The van der Waals surface area contributed by atoms with E-state index in [2.05, 4.69) is 17.1 Å². The van der Waals surface area contributed by atoms with Crippen molar-refractivity contribution in [2.75, 3.05) is 14.2 Å². The molecule has 6 heteroatoms. The molecule has 0 amide bonds. The van der Waals surface area contributed by atoms with Crippen molar-refractivity contribution in [3.05, 3.63) is 42.0 Å². The number of rotatable bonds is 18. The van der Waals surface area contributed by atoms with Crippen molar-refractivity contribution in [1.29, 1.82) is 0 Å². The van der Waals surface area contributed by atoms with E-state index in [0.29, 0.717) is 23.0 Å². The SMILES string of the molecule is CCCCCCCCCCCCCCCc1ccc(-c2nnc(-c3ccc(OC)c(OC)c3)o2)c(O)c1. The molecule has 0 aliphatic carbocycles. The van der Waals surface area contributed by atoms with E-state index in [9.17, 15) is 5.11 Å². The number of aryl methyl sites for hydroxylation is 1. The molecule has 0 saturated heterocycles. The van der Waals surface area contributed by atoms with Gasteiger partial charge in [-0.25, -0.2) is 0 Å². The first kappa shape index (κ1) is 28.5. The van der Waals surface area contributed by atoms with Gasteiger partial charge in [-0.2, -0.15) is 0 Å². The summed E-state index contributed by atoms with van der Waals surface area (Å²) in [5.74, 6) is 2.01. The Morgan fingerprint density at radius 3 is 1.86 bits per heavy atom. The van der Waals surface area contributed by atoms with Crippen molar-refractivity contribution in [2.45, 2.75) is 96.8 Å². The predicted octanol–water partition coefficient (Wildman–Crippen LogP) is 8.76. The van der Waals surface area contributed by atoms with Crippen LogP contribution in [0, 0.1) is 0 Å². The molecule has 1 aromatic heterocycles. The maximum Gasteiger partial charge on any atom is 0.251 e. The third kappa shape index (κ3) is 9.10. The van der Waals surface area contributed by atoms with Gasteiger partial charge in [0.25, 0.3) is 5.89 Å². The highest BCUT2D eigenvalue weighted by molar-refractivity contribution is 5.65. The van der Waals surface area contributed by atoms with Crippen LogP contribution in [0.4, 0.5) is 0 Å². The fourth-order valence-electron chi connectivity index (χ4n) is 4.68. The Hall–Kier alpha value is -3.02. The number of unbranched alkanes of at least 4 members (excludes halogenated alkanes) is 12. The maximum absolute atomic E-state index is 10.6. The standard InChI is InChI=1S/C31H44N2O4/c1-4-5-6-7-8-9-10-11-12-13-14-15-16-17-24-18-20-26(27(34)22-24)31-33-32-30(37-31)25-19-21-28(35-2)29(23-25)36-3/h18-23,34H,4-17H2,1-3H3. The number of nitrogens with zero attached hydrogens (tertiary/aromatic N) is 2. The molecule has 3 rings (SSSR count). The number of phenolic OH excluding ortho intramolecular Hbond substituents is 1. The molecule has 0 unspecified atom stereocenters. The van der Waals surface area contributed by atoms with Gasteiger partial charge in [-0.05, 0) is 48.7 Å². The van der Waals surface area contributed by atoms with Crippen LogP contribution in [-0.4, -0.2) is 29.5 Å². The Labute approximate surface area is 222 Å². The second kappa shape index (κ2) is 16.0. The molecular formula is C31H44N2O4. The van der Waals surface area contributed by atoms with E-state index < -0.39 is 0 Å². The van der Waals surface area contributed by atoms with Crippen LogP contribution in [0.15, 0.2) is 40.8 Å². The minimum absolute atomic E-state index is 0.162. The van der Waals surface area contributed by atoms with Crippen molar-refractivity contribution in [1.82, 2.24) is 10.2 Å². The van der Waals surface area contributed by atoms with E-state index in [-0.39, 0.29) is 11.6 Å². The molecule has 0 aliphatic heterocycles. The lowest BCUT2D eigenvalue weighted by Crippen LogP contribution is -1.90. The van der Waals surface area contributed by atoms with Gasteiger partial charge in [0.15, 0.2) is 11.5 Å². The summed E-state index contributed by atoms with van der Waals surface area (Å²) < 4.78 is 16.5. The molecule has 0 radical (unpaired) electrons. The Balaban J connectivity index is 1.38. The van der Waals surface area contributed by atoms with Crippen LogP contribution in [0.1, 0.15) is 96.0 Å². The first-order valence-electron chi connectivity index (χ1n) is 14.0. The zero-order valence-electron chi connectivity index (χ0n) is 22.9. The number of benzene rings is 2. The van der Waals surface area contributed by atoms with Crippen LogP contribution >= 0.6 is 0 Å². The topological polar surface area (TPSA) is 77.6 Å². The van der Waals surface area contributed by atoms with Crippen molar-refractivity contribution < 1.29 is 19.0 Å². The van der Waals surface area contributed by atoms with E-state index in [1.165, 1.54) is 77.0 Å². The highest BCUT2D eigenvalue weighted by atomic mass is 16.5. The average molecular weight is 509 g/mol. The second-order valence-corrected chi connectivity index (χ2v) is 9.83. The molecule has 6 nitrogen and oxygen atoms in total. The molecule has 37 heavy (non-hydrogen) atoms. The fraction of sp³-hybridized carbons (Fsp3) is 0.548. The van der Waals surface area contributed by atoms with Gasteiger partial charge in [0, 0.05) is 5.56 Å². The first-order valence-corrected chi connectivity index (χ1v) is 14.0. The minimum atomic E-state index is 0.162. The highest BCUT2D eigenvalue weighted by Gasteiger charge is 2.16. The van der Waals surface area contributed by atoms with Gasteiger partial charge in [0.2, 0.25) is 5.89 Å². The van der Waals surface area contributed by atoms with E-state index >= 15 is 0 Å². The molecule has 1 N–H and O–H groups in total. The zero-order chi connectivity index (χ0) is 26.3. The van der Waals surface area contributed by atoms with E-state index in [0.717, 1.165) is 24.0 Å². The number of ether oxygens (including phenoxy) is 2. The number of hydrogen-bond acceptors (Lipinski definition) is 6. The lowest BCUT2D eigenvalue weighted by Gasteiger charge is -2.07. The highest BCUT2D eigenvalue weighted by Crippen LogP contribution is 2.35. The van der Waals surface area contributed by atoms with E-state index in [4.69, 9.17) is 13.9 Å². The summed E-state index contributed by atoms with van der Waals surface area (Å²) in [4.78, 5) is 0. The predicted molar refractivity (Wildman–Crippen MR) is 149 cm³/mol. The molecule has 0 fully saturated rings. The summed E-state index contributed by atoms with van der Waals surface area (Å²) in [5, 5.41) is 18.9. The van der Waals surface area contributed by atoms with Gasteiger partial charge in [0.1, 0.15) is 5.75 Å². The summed E-state index contributed by atoms with van der Waals surface area (Å²) in [7, 11) is 3.17. The maximum atomic E-state index is 10.6. The Kier molecular flexibility index (Phi) is 12.3. The molecule has 1 heterocycles. The Morgan fingerprint density at radius 1 is 0.676 bits per heavy atom. The minimum Gasteiger partial charge on any atom is -0.507 e. The van der Waals surface area contributed by atoms with Crippen LogP contribution in [0.5, 0.6) is 17.2 Å². The van der Waals surface area contributed by atoms with Gasteiger partial charge in [-0.1, -0.05) is 90.0 Å². The first-order chi connectivity index (χ1) is 18.2. The normalized spacial score (nSPS) is 11.1. The molecule has 2 aromatic carbocycles. The molecule has 0 aliphatic rings. The molecule has 3 aromatic rings. The van der Waals surface area contributed by atoms with Crippen molar-refractivity contribution in [3.8, 4) is 40.2 Å². The third-order valence-electron chi connectivity index (χ3n) is 6.92. The lowest BCUT2D eigenvalue weighted by atomic mass is 10.0.